The van der Waals surface area contributed by atoms with Crippen LogP contribution >= 0.6 is 0 Å². The Labute approximate surface area is 817 Å². The second kappa shape index (κ2) is 41.3. The number of ether oxygens (including phenoxy) is 8. The number of fused-ring (bicyclic) bond motifs is 11. The second-order valence-corrected chi connectivity index (χ2v) is 40.1. The van der Waals surface area contributed by atoms with E-state index in [0.29, 0.717) is 10.8 Å². The van der Waals surface area contributed by atoms with Crippen molar-refractivity contribution in [3.8, 4) is 46.0 Å². The maximum absolute atomic E-state index is 5.42. The van der Waals surface area contributed by atoms with Crippen LogP contribution in [0.4, 0.5) is 0 Å². The number of hydrogen-bond acceptors (Lipinski definition) is 14. The van der Waals surface area contributed by atoms with Crippen LogP contribution in [0.15, 0.2) is 220 Å². The van der Waals surface area contributed by atoms with E-state index >= 15 is 0 Å². The largest absolute Gasteiger partial charge is 0.496 e. The number of hydrogen-bond donors (Lipinski definition) is 0. The minimum Gasteiger partial charge on any atom is -0.496 e. The van der Waals surface area contributed by atoms with Gasteiger partial charge in [0, 0.05) is 39.3 Å². The lowest BCUT2D eigenvalue weighted by atomic mass is 9.90. The Bertz CT molecular complexity index is 7540. The van der Waals surface area contributed by atoms with Crippen LogP contribution in [0.3, 0.4) is 0 Å². The topological polar surface area (TPSA) is 181 Å². The molecule has 0 aliphatic heterocycles. The number of imidazole rings is 6. The standard InChI is InChI=1S/C21H24N2O2.C21H24N2O.C20H22N2O2.C20H22N2O.C19H20N2O.C18H20N2O/c1-21(2)10-15-8-17-18(9-16(15)11-21)23(13-22-17)12-14-5-6-19(24-3)20(7-14)25-4;1-14-7-15(5-6-20(14)24-4)12-23-13-22-18-8-16-10-21(2,3)11-17(16)9-19(18)23;1-23-19-8-7-14(9-20(19)24-2)12-22-13-21-17-10-15-5-3-4-6-16(15)11-18(17)22;1-14-9-15(7-8-20(14)23-2)12-22-13-21-18-10-16-5-3-4-6-17(16)11-19(18)22;1-13-8-14(6-7-19(13)22-2)11-21-12-20-17-9-15-4-3-5-16(15)10-18(17)21;1-12-8-16-17(9-13(12)2)20(11-19-16)10-15-5-6-18(21-4)14(3)7-15/h5-9,13H,10-12H2,1-4H3;5-9,13H,10-12H2,1-4H3;7-11,13H,3-6,12H2,1-2H3;7-11,13H,3-6,12H2,1-2H3;6-10,12H,3-5,11H2,1-2H3;5-9,11H,10H2,1-4H3. The van der Waals surface area contributed by atoms with Crippen molar-refractivity contribution in [2.45, 2.75) is 205 Å². The average Bonchev–Trinajstić information content (AvgIpc) is 1.62. The minimum atomic E-state index is 0.356. The Morgan fingerprint density at radius 1 is 0.209 bits per heavy atom. The first kappa shape index (κ1) is 95.2. The van der Waals surface area contributed by atoms with Crippen molar-refractivity contribution in [2.24, 2.45) is 10.8 Å². The van der Waals surface area contributed by atoms with Crippen molar-refractivity contribution in [1.29, 1.82) is 0 Å². The van der Waals surface area contributed by atoms with Crippen molar-refractivity contribution in [3.63, 3.8) is 0 Å². The molecule has 20 nitrogen and oxygen atoms in total. The van der Waals surface area contributed by atoms with E-state index in [-0.39, 0.29) is 0 Å². The predicted octanol–water partition coefficient (Wildman–Crippen LogP) is 24.9. The molecule has 0 bridgehead atoms. The Kier molecular flexibility index (Phi) is 28.3. The first-order valence-electron chi connectivity index (χ1n) is 49.0. The lowest BCUT2D eigenvalue weighted by molar-refractivity contribution is 0.354. The number of aryl methyl sites for hydroxylation is 12. The maximum Gasteiger partial charge on any atom is 0.161 e. The predicted molar refractivity (Wildman–Crippen MR) is 560 cm³/mol. The summed E-state index contributed by atoms with van der Waals surface area (Å²) in [6.07, 6.45) is 30.0. The molecule has 0 radical (unpaired) electrons. The molecule has 6 aromatic heterocycles. The molecule has 20 heteroatoms. The molecule has 0 amide bonds. The highest BCUT2D eigenvalue weighted by Gasteiger charge is 2.31. The van der Waals surface area contributed by atoms with E-state index in [1.165, 1.54) is 215 Å². The number of methoxy groups -OCH3 is 8. The molecule has 0 unspecified atom stereocenters. The van der Waals surface area contributed by atoms with E-state index in [2.05, 4.69) is 260 Å². The fraction of sp³-hybridized carbons (Fsp3) is 0.345. The molecule has 18 aromatic rings. The van der Waals surface area contributed by atoms with Gasteiger partial charge in [-0.1, -0.05) is 88.4 Å². The third kappa shape index (κ3) is 21.3. The zero-order chi connectivity index (χ0) is 96.9. The first-order valence-corrected chi connectivity index (χ1v) is 49.0. The molecule has 5 aliphatic rings. The minimum absolute atomic E-state index is 0.356. The second-order valence-electron chi connectivity index (χ2n) is 40.1. The van der Waals surface area contributed by atoms with Crippen molar-refractivity contribution in [1.82, 2.24) is 57.3 Å². The lowest BCUT2D eigenvalue weighted by Gasteiger charge is -2.16. The first-order chi connectivity index (χ1) is 67.3. The lowest BCUT2D eigenvalue weighted by Crippen LogP contribution is -2.09. The fourth-order valence-corrected chi connectivity index (χ4v) is 21.3. The van der Waals surface area contributed by atoms with Crippen LogP contribution in [0.5, 0.6) is 46.0 Å². The molecule has 0 saturated heterocycles. The average molecular weight is 1860 g/mol. The Hall–Kier alpha value is -14.1. The van der Waals surface area contributed by atoms with Gasteiger partial charge in [0.1, 0.15) is 23.0 Å². The molecule has 0 N–H and O–H groups in total. The molecule has 0 spiro atoms. The molecule has 23 rings (SSSR count). The normalized spacial score (nSPS) is 14.0. The highest BCUT2D eigenvalue weighted by atomic mass is 16.5. The van der Waals surface area contributed by atoms with Crippen LogP contribution in [0.1, 0.15) is 182 Å². The van der Waals surface area contributed by atoms with E-state index in [4.69, 9.17) is 37.9 Å². The van der Waals surface area contributed by atoms with Crippen molar-refractivity contribution in [3.05, 3.63) is 342 Å². The Morgan fingerprint density at radius 2 is 0.410 bits per heavy atom. The van der Waals surface area contributed by atoms with Crippen LogP contribution in [-0.4, -0.2) is 114 Å². The van der Waals surface area contributed by atoms with Gasteiger partial charge in [0.25, 0.3) is 0 Å². The molecule has 0 fully saturated rings. The number of nitrogens with zero attached hydrogens (tertiary/aromatic N) is 12. The maximum atomic E-state index is 5.42. The highest BCUT2D eigenvalue weighted by Crippen LogP contribution is 2.42. The summed E-state index contributed by atoms with van der Waals surface area (Å²) in [5.74, 6) is 6.78. The third-order valence-corrected chi connectivity index (χ3v) is 28.7. The van der Waals surface area contributed by atoms with Gasteiger partial charge in [-0.05, 0) is 392 Å². The van der Waals surface area contributed by atoms with Crippen molar-refractivity contribution < 1.29 is 37.9 Å². The van der Waals surface area contributed by atoms with Crippen LogP contribution in [0.2, 0.25) is 0 Å². The molecule has 0 atom stereocenters. The summed E-state index contributed by atoms with van der Waals surface area (Å²) in [6.45, 7) is 26.9. The smallest absolute Gasteiger partial charge is 0.161 e. The van der Waals surface area contributed by atoms with Gasteiger partial charge >= 0.3 is 0 Å². The zero-order valence-corrected chi connectivity index (χ0v) is 84.3. The quantitative estimate of drug-likeness (QED) is 0.0703. The summed E-state index contributed by atoms with van der Waals surface area (Å²) in [6, 6.07) is 65.0. The summed E-state index contributed by atoms with van der Waals surface area (Å²) in [7, 11) is 13.5. The third-order valence-electron chi connectivity index (χ3n) is 28.7. The fourth-order valence-electron chi connectivity index (χ4n) is 21.3. The van der Waals surface area contributed by atoms with E-state index in [9.17, 15) is 0 Å². The SMILES string of the molecule is COc1ccc(Cn2cnc3cc(C)c(C)cc32)cc1C.COc1ccc(Cn2cnc3cc4c(cc32)CC(C)(C)C4)cc1C.COc1ccc(Cn2cnc3cc4c(cc32)CC(C)(C)C4)cc1OC.COc1ccc(Cn2cnc3cc4c(cc32)CCC4)cc1C.COc1ccc(Cn2cnc3cc4c(cc32)CCCC4)cc1C.COc1ccc(Cn2cnc3cc4c(cc32)CCCC4)cc1OC. The van der Waals surface area contributed by atoms with Crippen molar-refractivity contribution >= 4 is 66.2 Å². The van der Waals surface area contributed by atoms with E-state index in [1.807, 2.05) is 86.5 Å². The van der Waals surface area contributed by atoms with Gasteiger partial charge < -0.3 is 65.3 Å². The Morgan fingerprint density at radius 3 is 0.669 bits per heavy atom. The van der Waals surface area contributed by atoms with E-state index < -0.39 is 0 Å². The molecule has 6 heterocycles. The molecule has 5 aliphatic carbocycles. The number of rotatable bonds is 20. The zero-order valence-electron chi connectivity index (χ0n) is 84.3. The number of benzene rings is 12. The van der Waals surface area contributed by atoms with Gasteiger partial charge in [0.05, 0.1) is 161 Å². The summed E-state index contributed by atoms with van der Waals surface area (Å²) in [5.41, 5.74) is 44.1. The van der Waals surface area contributed by atoms with Gasteiger partial charge in [-0.25, -0.2) is 29.9 Å². The molecule has 0 saturated carbocycles. The van der Waals surface area contributed by atoms with Gasteiger partial charge in [-0.3, -0.25) is 0 Å². The molecule has 12 aromatic carbocycles. The molecular formula is C119H132N12O8. The summed E-state index contributed by atoms with van der Waals surface area (Å²) >= 11 is 0. The van der Waals surface area contributed by atoms with Crippen molar-refractivity contribution in [2.75, 3.05) is 56.9 Å². The van der Waals surface area contributed by atoms with E-state index in [0.717, 1.165) is 155 Å². The van der Waals surface area contributed by atoms with Crippen LogP contribution in [0.25, 0.3) is 66.2 Å². The van der Waals surface area contributed by atoms with Gasteiger partial charge in [0.2, 0.25) is 0 Å². The van der Waals surface area contributed by atoms with E-state index in [1.54, 1.807) is 56.9 Å². The summed E-state index contributed by atoms with van der Waals surface area (Å²) in [4.78, 5) is 27.6. The summed E-state index contributed by atoms with van der Waals surface area (Å²) in [5, 5.41) is 0. The highest BCUT2D eigenvalue weighted by molar-refractivity contribution is 5.83. The van der Waals surface area contributed by atoms with Gasteiger partial charge in [-0.2, -0.15) is 0 Å². The van der Waals surface area contributed by atoms with Crippen LogP contribution in [-0.2, 0) is 103 Å². The van der Waals surface area contributed by atoms with Gasteiger partial charge in [-0.15, -0.1) is 0 Å². The number of aromatic nitrogens is 12. The summed E-state index contributed by atoms with van der Waals surface area (Å²) < 4.78 is 56.2. The van der Waals surface area contributed by atoms with Crippen LogP contribution < -0.4 is 37.9 Å². The van der Waals surface area contributed by atoms with Gasteiger partial charge in [0.15, 0.2) is 23.0 Å². The van der Waals surface area contributed by atoms with Crippen LogP contribution in [0, 0.1) is 52.4 Å². The Balaban J connectivity index is 0.000000111. The molecule has 716 valence electrons. The molecular weight excluding hydrogens is 1730 g/mol. The monoisotopic (exact) mass is 1860 g/mol. The molecule has 139 heavy (non-hydrogen) atoms.